The maximum absolute atomic E-state index is 6.23. The summed E-state index contributed by atoms with van der Waals surface area (Å²) >= 11 is 0. The van der Waals surface area contributed by atoms with Crippen LogP contribution in [-0.2, 0) is 6.42 Å². The first-order valence-corrected chi connectivity index (χ1v) is 8.59. The van der Waals surface area contributed by atoms with Crippen molar-refractivity contribution in [3.05, 3.63) is 18.0 Å². The number of hydrogen-bond acceptors (Lipinski definition) is 2. The highest BCUT2D eigenvalue weighted by molar-refractivity contribution is 5.02. The Balaban J connectivity index is 1.67. The Labute approximate surface area is 123 Å². The van der Waals surface area contributed by atoms with E-state index in [1.165, 1.54) is 63.5 Å². The number of aromatic nitrogens is 2. The van der Waals surface area contributed by atoms with Crippen molar-refractivity contribution in [1.82, 2.24) is 9.78 Å². The van der Waals surface area contributed by atoms with Crippen LogP contribution in [0.2, 0.25) is 0 Å². The normalized spacial score (nSPS) is 17.7. The molecule has 2 rings (SSSR count). The topological polar surface area (TPSA) is 43.8 Å². The van der Waals surface area contributed by atoms with Gasteiger partial charge < -0.3 is 5.73 Å². The smallest absolute Gasteiger partial charge is 0.0640 e. The summed E-state index contributed by atoms with van der Waals surface area (Å²) in [6.45, 7) is 2.26. The van der Waals surface area contributed by atoms with Gasteiger partial charge in [0.25, 0.3) is 0 Å². The van der Waals surface area contributed by atoms with Gasteiger partial charge in [-0.3, -0.25) is 4.68 Å². The Hall–Kier alpha value is -0.830. The number of nitrogens with two attached hydrogens (primary N) is 1. The van der Waals surface area contributed by atoms with E-state index >= 15 is 0 Å². The lowest BCUT2D eigenvalue weighted by Gasteiger charge is -2.11. The first-order valence-electron chi connectivity index (χ1n) is 8.59. The highest BCUT2D eigenvalue weighted by atomic mass is 15.3. The molecule has 1 aromatic rings. The number of rotatable bonds is 9. The van der Waals surface area contributed by atoms with Crippen molar-refractivity contribution in [2.24, 2.45) is 5.73 Å². The molecule has 1 aromatic heterocycles. The van der Waals surface area contributed by atoms with Crippen LogP contribution in [0.1, 0.15) is 82.9 Å². The predicted octanol–water partition coefficient (Wildman–Crippen LogP) is 4.23. The second kappa shape index (κ2) is 8.46. The molecule has 1 saturated carbocycles. The van der Waals surface area contributed by atoms with Gasteiger partial charge in [-0.1, -0.05) is 51.9 Å². The third-order valence-corrected chi connectivity index (χ3v) is 4.51. The summed E-state index contributed by atoms with van der Waals surface area (Å²) < 4.78 is 2.18. The van der Waals surface area contributed by atoms with Gasteiger partial charge in [0.2, 0.25) is 0 Å². The molecule has 1 fully saturated rings. The van der Waals surface area contributed by atoms with Crippen LogP contribution >= 0.6 is 0 Å². The lowest BCUT2D eigenvalue weighted by molar-refractivity contribution is 0.458. The SMILES string of the molecule is CCCCCCCC(N)Cc1ccn(C2CCCC2)n1. The summed E-state index contributed by atoms with van der Waals surface area (Å²) in [4.78, 5) is 0. The van der Waals surface area contributed by atoms with Crippen LogP contribution in [0, 0.1) is 0 Å². The second-order valence-corrected chi connectivity index (χ2v) is 6.39. The highest BCUT2D eigenvalue weighted by Gasteiger charge is 2.17. The minimum absolute atomic E-state index is 0.281. The van der Waals surface area contributed by atoms with Crippen molar-refractivity contribution in [3.8, 4) is 0 Å². The van der Waals surface area contributed by atoms with E-state index < -0.39 is 0 Å². The lowest BCUT2D eigenvalue weighted by Crippen LogP contribution is -2.23. The summed E-state index contributed by atoms with van der Waals surface area (Å²) in [7, 11) is 0. The van der Waals surface area contributed by atoms with Gasteiger partial charge in [-0.05, 0) is 25.3 Å². The molecule has 0 bridgehead atoms. The van der Waals surface area contributed by atoms with Crippen molar-refractivity contribution < 1.29 is 0 Å². The van der Waals surface area contributed by atoms with Gasteiger partial charge in [0.05, 0.1) is 11.7 Å². The van der Waals surface area contributed by atoms with Crippen LogP contribution < -0.4 is 5.73 Å². The van der Waals surface area contributed by atoms with Crippen molar-refractivity contribution in [1.29, 1.82) is 0 Å². The van der Waals surface area contributed by atoms with Gasteiger partial charge in [0.15, 0.2) is 0 Å². The van der Waals surface area contributed by atoms with Crippen molar-refractivity contribution in [3.63, 3.8) is 0 Å². The Morgan fingerprint density at radius 1 is 1.25 bits per heavy atom. The summed E-state index contributed by atoms with van der Waals surface area (Å²) in [5.74, 6) is 0. The molecule has 1 aliphatic rings. The van der Waals surface area contributed by atoms with E-state index in [2.05, 4.69) is 23.9 Å². The molecule has 2 N–H and O–H groups in total. The highest BCUT2D eigenvalue weighted by Crippen LogP contribution is 2.28. The zero-order valence-electron chi connectivity index (χ0n) is 13.1. The zero-order valence-corrected chi connectivity index (χ0v) is 13.1. The van der Waals surface area contributed by atoms with Crippen molar-refractivity contribution in [2.45, 2.75) is 89.6 Å². The molecule has 0 aliphatic heterocycles. The first kappa shape index (κ1) is 15.6. The van der Waals surface area contributed by atoms with Crippen LogP contribution in [-0.4, -0.2) is 15.8 Å². The van der Waals surface area contributed by atoms with E-state index in [0.717, 1.165) is 12.8 Å². The van der Waals surface area contributed by atoms with Crippen molar-refractivity contribution in [2.75, 3.05) is 0 Å². The van der Waals surface area contributed by atoms with E-state index in [0.29, 0.717) is 6.04 Å². The third-order valence-electron chi connectivity index (χ3n) is 4.51. The molecule has 20 heavy (non-hydrogen) atoms. The van der Waals surface area contributed by atoms with Gasteiger partial charge >= 0.3 is 0 Å². The average Bonchev–Trinajstić information content (AvgIpc) is 3.08. The number of unbranched alkanes of at least 4 members (excludes halogenated alkanes) is 4. The fraction of sp³-hybridized carbons (Fsp3) is 0.824. The summed E-state index contributed by atoms with van der Waals surface area (Å²) in [6.07, 6.45) is 16.2. The molecule has 114 valence electrons. The number of nitrogens with zero attached hydrogens (tertiary/aromatic N) is 2. The van der Waals surface area contributed by atoms with E-state index in [1.54, 1.807) is 0 Å². The largest absolute Gasteiger partial charge is 0.327 e. The van der Waals surface area contributed by atoms with E-state index in [1.807, 2.05) is 0 Å². The van der Waals surface area contributed by atoms with Crippen LogP contribution in [0.3, 0.4) is 0 Å². The second-order valence-electron chi connectivity index (χ2n) is 6.39. The van der Waals surface area contributed by atoms with Crippen molar-refractivity contribution >= 4 is 0 Å². The monoisotopic (exact) mass is 277 g/mol. The lowest BCUT2D eigenvalue weighted by atomic mass is 10.0. The zero-order chi connectivity index (χ0) is 14.2. The maximum Gasteiger partial charge on any atom is 0.0640 e. The Morgan fingerprint density at radius 3 is 2.75 bits per heavy atom. The summed E-state index contributed by atoms with van der Waals surface area (Å²) in [6, 6.07) is 3.09. The number of hydrogen-bond donors (Lipinski definition) is 1. The average molecular weight is 277 g/mol. The Kier molecular flexibility index (Phi) is 6.58. The molecule has 0 spiro atoms. The minimum atomic E-state index is 0.281. The van der Waals surface area contributed by atoms with E-state index in [-0.39, 0.29) is 6.04 Å². The molecule has 3 nitrogen and oxygen atoms in total. The first-order chi connectivity index (χ1) is 9.79. The minimum Gasteiger partial charge on any atom is -0.327 e. The fourth-order valence-electron chi connectivity index (χ4n) is 3.24. The summed E-state index contributed by atoms with van der Waals surface area (Å²) in [5, 5.41) is 4.73. The third kappa shape index (κ3) is 4.93. The molecular formula is C17H31N3. The standard InChI is InChI=1S/C17H31N3/c1-2-3-4-5-6-9-15(18)14-16-12-13-20(19-16)17-10-7-8-11-17/h12-13,15,17H,2-11,14,18H2,1H3. The molecule has 1 atom stereocenters. The van der Waals surface area contributed by atoms with Gasteiger partial charge in [0.1, 0.15) is 0 Å². The summed E-state index contributed by atoms with van der Waals surface area (Å²) in [5.41, 5.74) is 7.41. The molecule has 0 aromatic carbocycles. The fourth-order valence-corrected chi connectivity index (χ4v) is 3.24. The van der Waals surface area contributed by atoms with Crippen LogP contribution in [0.15, 0.2) is 12.3 Å². The Bertz CT molecular complexity index is 366. The van der Waals surface area contributed by atoms with Gasteiger partial charge in [-0.15, -0.1) is 0 Å². The van der Waals surface area contributed by atoms with Crippen LogP contribution in [0.25, 0.3) is 0 Å². The maximum atomic E-state index is 6.23. The molecule has 0 saturated heterocycles. The van der Waals surface area contributed by atoms with E-state index in [4.69, 9.17) is 10.8 Å². The molecular weight excluding hydrogens is 246 g/mol. The molecule has 0 amide bonds. The van der Waals surface area contributed by atoms with E-state index in [9.17, 15) is 0 Å². The molecule has 3 heteroatoms. The van der Waals surface area contributed by atoms with Gasteiger partial charge in [-0.2, -0.15) is 5.10 Å². The van der Waals surface area contributed by atoms with Gasteiger partial charge in [-0.25, -0.2) is 0 Å². The molecule has 1 aliphatic carbocycles. The molecule has 0 radical (unpaired) electrons. The quantitative estimate of drug-likeness (QED) is 0.686. The Morgan fingerprint density at radius 2 is 2.00 bits per heavy atom. The van der Waals surface area contributed by atoms with Gasteiger partial charge in [0, 0.05) is 18.7 Å². The van der Waals surface area contributed by atoms with Crippen LogP contribution in [0.4, 0.5) is 0 Å². The molecule has 1 heterocycles. The molecule has 1 unspecified atom stereocenters. The van der Waals surface area contributed by atoms with Crippen LogP contribution in [0.5, 0.6) is 0 Å². The predicted molar refractivity (Wildman–Crippen MR) is 84.8 cm³/mol.